The van der Waals surface area contributed by atoms with Crippen LogP contribution in [0.3, 0.4) is 0 Å². The molecule has 3 aromatic rings. The van der Waals surface area contributed by atoms with E-state index in [2.05, 4.69) is 15.5 Å². The summed E-state index contributed by atoms with van der Waals surface area (Å²) in [5, 5.41) is 11.9. The van der Waals surface area contributed by atoms with Crippen molar-refractivity contribution in [2.24, 2.45) is 0 Å². The first-order valence-electron chi connectivity index (χ1n) is 8.80. The Kier molecular flexibility index (Phi) is 7.16. The summed E-state index contributed by atoms with van der Waals surface area (Å²) in [6.45, 7) is 0.920. The standard InChI is InChI=1S/C20H21FN4O2S/c1-27-12-11-22-19(26)14-28-20-24-23-18(13-15-5-3-2-4-6-15)25(20)17-9-7-16(21)8-10-17/h2-10H,11-14H2,1H3,(H,22,26). The van der Waals surface area contributed by atoms with Gasteiger partial charge in [-0.25, -0.2) is 4.39 Å². The molecule has 2 aromatic carbocycles. The zero-order valence-electron chi connectivity index (χ0n) is 15.5. The third-order valence-corrected chi connectivity index (χ3v) is 4.88. The van der Waals surface area contributed by atoms with Gasteiger partial charge in [0.05, 0.1) is 12.4 Å². The summed E-state index contributed by atoms with van der Waals surface area (Å²) in [6, 6.07) is 16.1. The van der Waals surface area contributed by atoms with Crippen LogP contribution in [0.15, 0.2) is 59.8 Å². The average Bonchev–Trinajstić information content (AvgIpc) is 3.10. The molecule has 1 heterocycles. The number of nitrogens with zero attached hydrogens (tertiary/aromatic N) is 3. The van der Waals surface area contributed by atoms with Gasteiger partial charge in [0, 0.05) is 25.8 Å². The SMILES string of the molecule is COCCNC(=O)CSc1nnc(Cc2ccccc2)n1-c1ccc(F)cc1. The molecule has 0 spiro atoms. The maximum Gasteiger partial charge on any atom is 0.230 e. The van der Waals surface area contributed by atoms with Gasteiger partial charge in [-0.1, -0.05) is 42.1 Å². The fourth-order valence-electron chi connectivity index (χ4n) is 2.61. The topological polar surface area (TPSA) is 69.0 Å². The fraction of sp³-hybridized carbons (Fsp3) is 0.250. The summed E-state index contributed by atoms with van der Waals surface area (Å²) >= 11 is 1.29. The van der Waals surface area contributed by atoms with Gasteiger partial charge < -0.3 is 10.1 Å². The lowest BCUT2D eigenvalue weighted by Gasteiger charge is -2.10. The van der Waals surface area contributed by atoms with E-state index in [0.29, 0.717) is 24.7 Å². The van der Waals surface area contributed by atoms with Crippen LogP contribution in [-0.2, 0) is 16.0 Å². The molecule has 1 amide bonds. The van der Waals surface area contributed by atoms with Gasteiger partial charge in [-0.05, 0) is 29.8 Å². The molecular formula is C20H21FN4O2S. The van der Waals surface area contributed by atoms with Gasteiger partial charge in [0.25, 0.3) is 0 Å². The Morgan fingerprint density at radius 1 is 1.14 bits per heavy atom. The predicted octanol–water partition coefficient (Wildman–Crippen LogP) is 2.85. The van der Waals surface area contributed by atoms with Crippen LogP contribution in [0.25, 0.3) is 5.69 Å². The second-order valence-corrected chi connectivity index (χ2v) is 6.95. The van der Waals surface area contributed by atoms with E-state index in [1.165, 1.54) is 23.9 Å². The molecule has 0 atom stereocenters. The highest BCUT2D eigenvalue weighted by Crippen LogP contribution is 2.23. The molecule has 0 radical (unpaired) electrons. The number of aromatic nitrogens is 3. The van der Waals surface area contributed by atoms with E-state index in [1.807, 2.05) is 34.9 Å². The van der Waals surface area contributed by atoms with Gasteiger partial charge in [-0.15, -0.1) is 10.2 Å². The number of carbonyl (C=O) groups is 1. The van der Waals surface area contributed by atoms with E-state index >= 15 is 0 Å². The van der Waals surface area contributed by atoms with Crippen molar-refractivity contribution in [3.63, 3.8) is 0 Å². The van der Waals surface area contributed by atoms with E-state index in [4.69, 9.17) is 4.74 Å². The monoisotopic (exact) mass is 400 g/mol. The molecule has 0 saturated carbocycles. The van der Waals surface area contributed by atoms with Crippen molar-refractivity contribution in [3.8, 4) is 5.69 Å². The highest BCUT2D eigenvalue weighted by atomic mass is 32.2. The molecular weight excluding hydrogens is 379 g/mol. The molecule has 0 aliphatic heterocycles. The Labute approximate surface area is 167 Å². The lowest BCUT2D eigenvalue weighted by molar-refractivity contribution is -0.118. The van der Waals surface area contributed by atoms with Gasteiger partial charge in [0.2, 0.25) is 5.91 Å². The molecule has 0 aliphatic rings. The van der Waals surface area contributed by atoms with Gasteiger partial charge in [0.15, 0.2) is 5.16 Å². The highest BCUT2D eigenvalue weighted by molar-refractivity contribution is 7.99. The number of amides is 1. The summed E-state index contributed by atoms with van der Waals surface area (Å²) < 4.78 is 20.2. The van der Waals surface area contributed by atoms with Crippen LogP contribution in [0.1, 0.15) is 11.4 Å². The van der Waals surface area contributed by atoms with E-state index in [9.17, 15) is 9.18 Å². The van der Waals surface area contributed by atoms with Crippen LogP contribution in [-0.4, -0.2) is 46.7 Å². The predicted molar refractivity (Wildman–Crippen MR) is 106 cm³/mol. The largest absolute Gasteiger partial charge is 0.383 e. The second-order valence-electron chi connectivity index (χ2n) is 6.00. The maximum atomic E-state index is 13.4. The van der Waals surface area contributed by atoms with Gasteiger partial charge in [-0.2, -0.15) is 0 Å². The summed E-state index contributed by atoms with van der Waals surface area (Å²) in [6.07, 6.45) is 0.575. The van der Waals surface area contributed by atoms with Crippen LogP contribution in [0.2, 0.25) is 0 Å². The van der Waals surface area contributed by atoms with E-state index in [1.54, 1.807) is 19.2 Å². The minimum atomic E-state index is -0.312. The number of ether oxygens (including phenoxy) is 1. The van der Waals surface area contributed by atoms with Gasteiger partial charge >= 0.3 is 0 Å². The normalized spacial score (nSPS) is 10.8. The number of halogens is 1. The number of hydrogen-bond donors (Lipinski definition) is 1. The van der Waals surface area contributed by atoms with Crippen LogP contribution >= 0.6 is 11.8 Å². The molecule has 8 heteroatoms. The van der Waals surface area contributed by atoms with Crippen LogP contribution in [0, 0.1) is 5.82 Å². The minimum absolute atomic E-state index is 0.111. The summed E-state index contributed by atoms with van der Waals surface area (Å²) in [5.74, 6) is 0.502. The lowest BCUT2D eigenvalue weighted by atomic mass is 10.1. The van der Waals surface area contributed by atoms with Gasteiger partial charge in [-0.3, -0.25) is 9.36 Å². The number of methoxy groups -OCH3 is 1. The summed E-state index contributed by atoms with van der Waals surface area (Å²) in [4.78, 5) is 12.0. The molecule has 3 rings (SSSR count). The molecule has 0 bridgehead atoms. The molecule has 6 nitrogen and oxygen atoms in total. The molecule has 0 aliphatic carbocycles. The van der Waals surface area contributed by atoms with Crippen molar-refractivity contribution in [2.45, 2.75) is 11.6 Å². The molecule has 0 saturated heterocycles. The molecule has 0 fully saturated rings. The Balaban J connectivity index is 1.81. The third kappa shape index (κ3) is 5.40. The number of hydrogen-bond acceptors (Lipinski definition) is 5. The first-order chi connectivity index (χ1) is 13.7. The lowest BCUT2D eigenvalue weighted by Crippen LogP contribution is -2.28. The van der Waals surface area contributed by atoms with Crippen molar-refractivity contribution in [1.29, 1.82) is 0 Å². The van der Waals surface area contributed by atoms with Crippen molar-refractivity contribution in [1.82, 2.24) is 20.1 Å². The van der Waals surface area contributed by atoms with Crippen LogP contribution in [0.5, 0.6) is 0 Å². The van der Waals surface area contributed by atoms with E-state index < -0.39 is 0 Å². The Hall–Kier alpha value is -2.71. The van der Waals surface area contributed by atoms with E-state index in [0.717, 1.165) is 17.1 Å². The number of rotatable bonds is 9. The summed E-state index contributed by atoms with van der Waals surface area (Å²) in [7, 11) is 1.58. The highest BCUT2D eigenvalue weighted by Gasteiger charge is 2.16. The van der Waals surface area contributed by atoms with Gasteiger partial charge in [0.1, 0.15) is 11.6 Å². The van der Waals surface area contributed by atoms with Crippen LogP contribution < -0.4 is 5.32 Å². The molecule has 1 aromatic heterocycles. The molecule has 0 unspecified atom stereocenters. The average molecular weight is 400 g/mol. The van der Waals surface area contributed by atoms with Crippen molar-refractivity contribution in [3.05, 3.63) is 71.8 Å². The first-order valence-corrected chi connectivity index (χ1v) is 9.78. The summed E-state index contributed by atoms with van der Waals surface area (Å²) in [5.41, 5.74) is 1.84. The Bertz CT molecular complexity index is 900. The zero-order valence-corrected chi connectivity index (χ0v) is 16.3. The van der Waals surface area contributed by atoms with Crippen molar-refractivity contribution in [2.75, 3.05) is 26.0 Å². The van der Waals surface area contributed by atoms with Crippen molar-refractivity contribution < 1.29 is 13.9 Å². The molecule has 1 N–H and O–H groups in total. The second kappa shape index (κ2) is 10.0. The van der Waals surface area contributed by atoms with Crippen LogP contribution in [0.4, 0.5) is 4.39 Å². The number of benzene rings is 2. The zero-order chi connectivity index (χ0) is 19.8. The fourth-order valence-corrected chi connectivity index (χ4v) is 3.41. The molecule has 146 valence electrons. The maximum absolute atomic E-state index is 13.4. The third-order valence-electron chi connectivity index (χ3n) is 3.95. The minimum Gasteiger partial charge on any atom is -0.383 e. The van der Waals surface area contributed by atoms with E-state index in [-0.39, 0.29) is 17.5 Å². The molecule has 28 heavy (non-hydrogen) atoms. The quantitative estimate of drug-likeness (QED) is 0.442. The Morgan fingerprint density at radius 3 is 2.61 bits per heavy atom. The van der Waals surface area contributed by atoms with Crippen molar-refractivity contribution >= 4 is 17.7 Å². The smallest absolute Gasteiger partial charge is 0.230 e. The Morgan fingerprint density at radius 2 is 1.89 bits per heavy atom. The number of nitrogens with one attached hydrogen (secondary N) is 1. The number of carbonyl (C=O) groups excluding carboxylic acids is 1. The first kappa shape index (κ1) is 20.0. The number of thioether (sulfide) groups is 1.